The maximum atomic E-state index is 12.2. The fraction of sp³-hybridized carbons (Fsp3) is 0.938. The van der Waals surface area contributed by atoms with Gasteiger partial charge in [0.25, 0.3) is 0 Å². The van der Waals surface area contributed by atoms with Crippen LogP contribution in [0.3, 0.4) is 0 Å². The van der Waals surface area contributed by atoms with E-state index < -0.39 is 0 Å². The van der Waals surface area contributed by atoms with Crippen molar-refractivity contribution in [2.75, 3.05) is 19.8 Å². The van der Waals surface area contributed by atoms with E-state index in [1.54, 1.807) is 0 Å². The van der Waals surface area contributed by atoms with Gasteiger partial charge in [0.05, 0.1) is 6.10 Å². The monoisotopic (exact) mass is 332 g/mol. The van der Waals surface area contributed by atoms with E-state index in [9.17, 15) is 4.79 Å². The number of carbonyl (C=O) groups excluding carboxylic acids is 1. The summed E-state index contributed by atoms with van der Waals surface area (Å²) >= 11 is 0. The first-order chi connectivity index (χ1) is 10.2. The molecule has 3 fully saturated rings. The minimum Gasteiger partial charge on any atom is -0.381 e. The van der Waals surface area contributed by atoms with E-state index >= 15 is 0 Å². The summed E-state index contributed by atoms with van der Waals surface area (Å²) in [5, 5.41) is 3.19. The summed E-state index contributed by atoms with van der Waals surface area (Å²) in [5.41, 5.74) is 6.09. The summed E-state index contributed by atoms with van der Waals surface area (Å²) in [5.74, 6) is 0.0684. The van der Waals surface area contributed by atoms with Crippen molar-refractivity contribution in [1.29, 1.82) is 0 Å². The molecule has 128 valence electrons. The van der Waals surface area contributed by atoms with Crippen LogP contribution >= 0.6 is 12.4 Å². The highest BCUT2D eigenvalue weighted by atomic mass is 35.5. The summed E-state index contributed by atoms with van der Waals surface area (Å²) in [6.45, 7) is 2.33. The normalized spacial score (nSPS) is 31.7. The van der Waals surface area contributed by atoms with Crippen LogP contribution in [0.4, 0.5) is 0 Å². The molecule has 1 aliphatic carbocycles. The molecule has 3 rings (SSSR count). The molecule has 5 nitrogen and oxygen atoms in total. The van der Waals surface area contributed by atoms with E-state index in [4.69, 9.17) is 15.2 Å². The average molecular weight is 333 g/mol. The third kappa shape index (κ3) is 4.13. The minimum atomic E-state index is -0.280. The lowest BCUT2D eigenvalue weighted by atomic mass is 9.68. The summed E-state index contributed by atoms with van der Waals surface area (Å²) in [7, 11) is 0. The van der Waals surface area contributed by atoms with E-state index in [2.05, 4.69) is 5.32 Å². The van der Waals surface area contributed by atoms with Gasteiger partial charge in [0.2, 0.25) is 5.91 Å². The molecule has 0 aromatic carbocycles. The Balaban J connectivity index is 0.00000176. The molecular weight excluding hydrogens is 304 g/mol. The van der Waals surface area contributed by atoms with Crippen molar-refractivity contribution < 1.29 is 14.3 Å². The third-order valence-electron chi connectivity index (χ3n) is 5.61. The molecule has 1 spiro atoms. The smallest absolute Gasteiger partial charge is 0.249 e. The van der Waals surface area contributed by atoms with Crippen LogP contribution in [0.2, 0.25) is 0 Å². The first-order valence-corrected chi connectivity index (χ1v) is 8.44. The maximum absolute atomic E-state index is 12.2. The maximum Gasteiger partial charge on any atom is 0.249 e. The van der Waals surface area contributed by atoms with Gasteiger partial charge in [0.1, 0.15) is 6.10 Å². The molecule has 6 heteroatoms. The molecule has 3 aliphatic rings. The summed E-state index contributed by atoms with van der Waals surface area (Å²) in [4.78, 5) is 12.2. The molecule has 2 saturated heterocycles. The minimum absolute atomic E-state index is 0. The lowest BCUT2D eigenvalue weighted by molar-refractivity contribution is -0.133. The zero-order chi connectivity index (χ0) is 14.7. The van der Waals surface area contributed by atoms with E-state index in [1.165, 1.54) is 25.7 Å². The van der Waals surface area contributed by atoms with Gasteiger partial charge in [-0.25, -0.2) is 0 Å². The number of nitrogens with one attached hydrogen (secondary N) is 1. The molecule has 0 bridgehead atoms. The van der Waals surface area contributed by atoms with Crippen LogP contribution in [0.1, 0.15) is 51.4 Å². The molecule has 2 atom stereocenters. The Hall–Kier alpha value is -0.360. The molecule has 0 unspecified atom stereocenters. The molecule has 3 N–H and O–H groups in total. The first-order valence-electron chi connectivity index (χ1n) is 8.44. The topological polar surface area (TPSA) is 73.6 Å². The molecule has 0 radical (unpaired) electrons. The standard InChI is InChI=1S/C16H28N2O3.ClH/c17-11-13-1-2-14(21-13)15(19)18-12-3-5-16(6-4-12)7-9-20-10-8-16;/h12-14H,1-11,17H2,(H,18,19);1H/t13-,14+;/m1./s1. The van der Waals surface area contributed by atoms with E-state index in [1.807, 2.05) is 0 Å². The summed E-state index contributed by atoms with van der Waals surface area (Å²) in [6.07, 6.45) is 8.52. The first kappa shape index (κ1) is 18.0. The quantitative estimate of drug-likeness (QED) is 0.826. The highest BCUT2D eigenvalue weighted by Crippen LogP contribution is 2.44. The van der Waals surface area contributed by atoms with Gasteiger partial charge in [0.15, 0.2) is 0 Å². The molecule has 1 saturated carbocycles. The number of carbonyl (C=O) groups is 1. The Morgan fingerprint density at radius 1 is 1.09 bits per heavy atom. The largest absolute Gasteiger partial charge is 0.381 e. The lowest BCUT2D eigenvalue weighted by Crippen LogP contribution is -2.45. The zero-order valence-corrected chi connectivity index (χ0v) is 14.0. The predicted molar refractivity (Wildman–Crippen MR) is 87.1 cm³/mol. The van der Waals surface area contributed by atoms with Crippen LogP contribution in [0, 0.1) is 5.41 Å². The molecule has 1 amide bonds. The number of amides is 1. The average Bonchev–Trinajstić information content (AvgIpc) is 3.00. The molecular formula is C16H29ClN2O3. The second-order valence-electron chi connectivity index (χ2n) is 6.96. The van der Waals surface area contributed by atoms with Crippen molar-refractivity contribution in [2.45, 2.75) is 69.6 Å². The number of hydrogen-bond donors (Lipinski definition) is 2. The van der Waals surface area contributed by atoms with Crippen LogP contribution in [0.25, 0.3) is 0 Å². The Labute approximate surface area is 139 Å². The Morgan fingerprint density at radius 3 is 2.36 bits per heavy atom. The summed E-state index contributed by atoms with van der Waals surface area (Å²) in [6, 6.07) is 0.325. The number of halogens is 1. The molecule has 2 heterocycles. The van der Waals surface area contributed by atoms with Crippen LogP contribution in [-0.2, 0) is 14.3 Å². The predicted octanol–water partition coefficient (Wildman–Crippen LogP) is 1.77. The van der Waals surface area contributed by atoms with Gasteiger partial charge in [-0.3, -0.25) is 4.79 Å². The van der Waals surface area contributed by atoms with Gasteiger partial charge >= 0.3 is 0 Å². The molecule has 0 aromatic heterocycles. The van der Waals surface area contributed by atoms with Gasteiger partial charge in [-0.05, 0) is 56.8 Å². The van der Waals surface area contributed by atoms with E-state index in [-0.39, 0.29) is 30.5 Å². The number of nitrogens with two attached hydrogens (primary N) is 1. The lowest BCUT2D eigenvalue weighted by Gasteiger charge is -2.43. The number of hydrogen-bond acceptors (Lipinski definition) is 4. The Bertz CT molecular complexity index is 364. The van der Waals surface area contributed by atoms with Crippen molar-refractivity contribution in [3.05, 3.63) is 0 Å². The number of rotatable bonds is 3. The van der Waals surface area contributed by atoms with Crippen LogP contribution < -0.4 is 11.1 Å². The SMILES string of the molecule is Cl.NC[C@H]1CC[C@@H](C(=O)NC2CCC3(CCOCC3)CC2)O1. The van der Waals surface area contributed by atoms with Crippen molar-refractivity contribution in [3.63, 3.8) is 0 Å². The highest BCUT2D eigenvalue weighted by Gasteiger charge is 2.38. The second-order valence-corrected chi connectivity index (χ2v) is 6.96. The highest BCUT2D eigenvalue weighted by molar-refractivity contribution is 5.85. The van der Waals surface area contributed by atoms with Gasteiger partial charge in [0, 0.05) is 25.8 Å². The van der Waals surface area contributed by atoms with Crippen molar-refractivity contribution >= 4 is 18.3 Å². The summed E-state index contributed by atoms with van der Waals surface area (Å²) < 4.78 is 11.2. The van der Waals surface area contributed by atoms with Gasteiger partial charge in [-0.1, -0.05) is 0 Å². The van der Waals surface area contributed by atoms with Crippen molar-refractivity contribution in [1.82, 2.24) is 5.32 Å². The Kier molecular flexibility index (Phi) is 6.50. The fourth-order valence-electron chi connectivity index (χ4n) is 4.05. The molecule has 22 heavy (non-hydrogen) atoms. The fourth-order valence-corrected chi connectivity index (χ4v) is 4.05. The van der Waals surface area contributed by atoms with E-state index in [0.717, 1.165) is 38.9 Å². The Morgan fingerprint density at radius 2 is 1.77 bits per heavy atom. The van der Waals surface area contributed by atoms with Crippen molar-refractivity contribution in [3.8, 4) is 0 Å². The van der Waals surface area contributed by atoms with Crippen LogP contribution in [0.15, 0.2) is 0 Å². The van der Waals surface area contributed by atoms with Crippen LogP contribution in [-0.4, -0.2) is 43.9 Å². The van der Waals surface area contributed by atoms with Crippen molar-refractivity contribution in [2.24, 2.45) is 11.1 Å². The van der Waals surface area contributed by atoms with E-state index in [0.29, 0.717) is 18.0 Å². The van der Waals surface area contributed by atoms with Gasteiger partial charge in [-0.2, -0.15) is 0 Å². The molecule has 0 aromatic rings. The van der Waals surface area contributed by atoms with Gasteiger partial charge < -0.3 is 20.5 Å². The second kappa shape index (κ2) is 7.95. The molecule has 2 aliphatic heterocycles. The number of ether oxygens (including phenoxy) is 2. The van der Waals surface area contributed by atoms with Crippen LogP contribution in [0.5, 0.6) is 0 Å². The zero-order valence-electron chi connectivity index (χ0n) is 13.2. The van der Waals surface area contributed by atoms with Gasteiger partial charge in [-0.15, -0.1) is 12.4 Å². The third-order valence-corrected chi connectivity index (χ3v) is 5.61.